The minimum Gasteiger partial charge on any atom is -0.101 e. The summed E-state index contributed by atoms with van der Waals surface area (Å²) in [6, 6.07) is 0. The summed E-state index contributed by atoms with van der Waals surface area (Å²) in [6.45, 7) is 0. The Balaban J connectivity index is 1.74. The molecule has 3 heteroatoms. The third-order valence-electron chi connectivity index (χ3n) is 4.93. The average Bonchev–Trinajstić information content (AvgIpc) is 2.59. The van der Waals surface area contributed by atoms with Gasteiger partial charge in [0.15, 0.2) is 0 Å². The van der Waals surface area contributed by atoms with Gasteiger partial charge in [-0.25, -0.2) is 0 Å². The van der Waals surface area contributed by atoms with Crippen molar-refractivity contribution in [1.29, 1.82) is 0 Å². The molecule has 0 unspecified atom stereocenters. The highest BCUT2D eigenvalue weighted by Crippen LogP contribution is 2.77. The molecule has 0 saturated heterocycles. The largest absolute Gasteiger partial charge is 0.125 e. The summed E-state index contributed by atoms with van der Waals surface area (Å²) in [5.74, 6) is 4.31. The van der Waals surface area contributed by atoms with Crippen LogP contribution in [-0.4, -0.2) is 9.16 Å². The summed E-state index contributed by atoms with van der Waals surface area (Å²) in [4.78, 5) is 0.670. The molecule has 76 valence electrons. The van der Waals surface area contributed by atoms with E-state index in [2.05, 4.69) is 28.1 Å². The molecule has 4 rings (SSSR count). The van der Waals surface area contributed by atoms with Gasteiger partial charge in [0, 0.05) is 10.7 Å². The lowest BCUT2D eigenvalue weighted by atomic mass is 9.82. The number of rotatable bonds is 0. The van der Waals surface area contributed by atoms with E-state index in [1.165, 1.54) is 6.42 Å². The Morgan fingerprint density at radius 2 is 1.93 bits per heavy atom. The van der Waals surface area contributed by atoms with E-state index in [0.29, 0.717) is 22.6 Å². The van der Waals surface area contributed by atoms with Crippen LogP contribution in [0.25, 0.3) is 0 Å². The van der Waals surface area contributed by atoms with Crippen molar-refractivity contribution in [3.05, 3.63) is 12.2 Å². The zero-order valence-corrected chi connectivity index (χ0v) is 10.6. The minimum absolute atomic E-state index is 0.369. The van der Waals surface area contributed by atoms with Gasteiger partial charge in [-0.05, 0) is 36.0 Å². The van der Waals surface area contributed by atoms with Crippen LogP contribution < -0.4 is 0 Å². The van der Waals surface area contributed by atoms with Gasteiger partial charge in [0.25, 0.3) is 0 Å². The molecule has 0 radical (unpaired) electrons. The molecule has 0 nitrogen and oxygen atoms in total. The number of fused-ring (bicyclic) bond motifs is 7. The van der Waals surface area contributed by atoms with E-state index < -0.39 is 0 Å². The number of hydrogen-bond acceptors (Lipinski definition) is 0. The SMILES string of the molecule is ClC1(Cl)[C@@H]2[C@@H]3[C@H]4C=C[C@@H]([C@H]4Br)[C@H]3C[C@H]21. The van der Waals surface area contributed by atoms with Crippen LogP contribution in [0, 0.1) is 35.5 Å². The molecule has 7 atom stereocenters. The average molecular weight is 294 g/mol. The highest BCUT2D eigenvalue weighted by atomic mass is 79.9. The maximum Gasteiger partial charge on any atom is 0.125 e. The van der Waals surface area contributed by atoms with Crippen LogP contribution >= 0.6 is 39.1 Å². The first-order chi connectivity index (χ1) is 6.62. The fourth-order valence-electron chi connectivity index (χ4n) is 4.35. The highest BCUT2D eigenvalue weighted by molar-refractivity contribution is 9.09. The topological polar surface area (TPSA) is 0 Å². The van der Waals surface area contributed by atoms with Crippen LogP contribution in [0.5, 0.6) is 0 Å². The second kappa shape index (κ2) is 2.38. The molecular weight excluding hydrogens is 283 g/mol. The maximum absolute atomic E-state index is 6.29. The van der Waals surface area contributed by atoms with Crippen molar-refractivity contribution in [2.45, 2.75) is 15.6 Å². The van der Waals surface area contributed by atoms with E-state index in [9.17, 15) is 0 Å². The molecule has 0 N–H and O–H groups in total. The highest BCUT2D eigenvalue weighted by Gasteiger charge is 2.75. The standard InChI is InChI=1S/C11H11BrCl2/c12-10-4-1-2-5(10)8-6(4)3-7-9(8)11(7,13)14/h1-2,4-10H,3H2/t4-,5-,6-,7-,8-,9+,10-/m1/s1. The van der Waals surface area contributed by atoms with Crippen molar-refractivity contribution in [2.24, 2.45) is 35.5 Å². The summed E-state index contributed by atoms with van der Waals surface area (Å²) >= 11 is 16.4. The number of hydrogen-bond donors (Lipinski definition) is 0. The van der Waals surface area contributed by atoms with E-state index in [-0.39, 0.29) is 4.33 Å². The van der Waals surface area contributed by atoms with Gasteiger partial charge in [0.2, 0.25) is 0 Å². The maximum atomic E-state index is 6.29. The second-order valence-corrected chi connectivity index (χ2v) is 7.77. The molecule has 2 bridgehead atoms. The van der Waals surface area contributed by atoms with E-state index in [0.717, 1.165) is 17.8 Å². The van der Waals surface area contributed by atoms with Gasteiger partial charge in [-0.2, -0.15) is 0 Å². The van der Waals surface area contributed by atoms with Gasteiger partial charge in [0.05, 0.1) is 0 Å². The fraction of sp³-hybridized carbons (Fsp3) is 0.818. The van der Waals surface area contributed by atoms with E-state index in [1.54, 1.807) is 0 Å². The Kier molecular flexibility index (Phi) is 1.51. The Labute approximate surface area is 102 Å². The number of alkyl halides is 3. The van der Waals surface area contributed by atoms with Crippen LogP contribution in [0.2, 0.25) is 0 Å². The Bertz CT molecular complexity index is 338. The molecular formula is C11H11BrCl2. The predicted molar refractivity (Wildman–Crippen MR) is 61.8 cm³/mol. The summed E-state index contributed by atoms with van der Waals surface area (Å²) < 4.78 is -0.369. The molecule has 0 aromatic heterocycles. The van der Waals surface area contributed by atoms with Gasteiger partial charge in [-0.1, -0.05) is 28.1 Å². The first-order valence-corrected chi connectivity index (χ1v) is 6.99. The van der Waals surface area contributed by atoms with Gasteiger partial charge in [-0.15, -0.1) is 23.2 Å². The lowest BCUT2D eigenvalue weighted by molar-refractivity contribution is 0.310. The first kappa shape index (κ1) is 8.90. The van der Waals surface area contributed by atoms with Crippen LogP contribution in [-0.2, 0) is 0 Å². The monoisotopic (exact) mass is 292 g/mol. The molecule has 0 amide bonds. The van der Waals surface area contributed by atoms with Gasteiger partial charge in [0.1, 0.15) is 4.33 Å². The predicted octanol–water partition coefficient (Wildman–Crippen LogP) is 3.62. The Hall–Kier alpha value is 0.800. The quantitative estimate of drug-likeness (QED) is 0.473. The van der Waals surface area contributed by atoms with Crippen LogP contribution in [0.3, 0.4) is 0 Å². The summed E-state index contributed by atoms with van der Waals surface area (Å²) in [6.07, 6.45) is 6.05. The zero-order chi connectivity index (χ0) is 9.66. The van der Waals surface area contributed by atoms with Crippen molar-refractivity contribution < 1.29 is 0 Å². The fourth-order valence-corrected chi connectivity index (χ4v) is 6.36. The summed E-state index contributed by atoms with van der Waals surface area (Å²) in [7, 11) is 0. The first-order valence-electron chi connectivity index (χ1n) is 5.32. The van der Waals surface area contributed by atoms with Crippen molar-refractivity contribution in [1.82, 2.24) is 0 Å². The normalized spacial score (nSPS) is 65.5. The van der Waals surface area contributed by atoms with Crippen molar-refractivity contribution >= 4 is 39.1 Å². The molecule has 3 saturated carbocycles. The van der Waals surface area contributed by atoms with Crippen LogP contribution in [0.1, 0.15) is 6.42 Å². The smallest absolute Gasteiger partial charge is 0.101 e. The third-order valence-corrected chi connectivity index (χ3v) is 7.21. The lowest BCUT2D eigenvalue weighted by Crippen LogP contribution is -2.21. The minimum atomic E-state index is -0.369. The van der Waals surface area contributed by atoms with E-state index in [4.69, 9.17) is 23.2 Å². The third kappa shape index (κ3) is 0.780. The number of allylic oxidation sites excluding steroid dienone is 2. The second-order valence-electron chi connectivity index (χ2n) is 5.27. The lowest BCUT2D eigenvalue weighted by Gasteiger charge is -2.25. The molecule has 0 aromatic carbocycles. The van der Waals surface area contributed by atoms with Crippen LogP contribution in [0.4, 0.5) is 0 Å². The molecule has 0 aromatic rings. The van der Waals surface area contributed by atoms with Crippen molar-refractivity contribution in [3.8, 4) is 0 Å². The number of halogens is 3. The molecule has 4 aliphatic carbocycles. The van der Waals surface area contributed by atoms with Gasteiger partial charge in [-0.3, -0.25) is 0 Å². The summed E-state index contributed by atoms with van der Waals surface area (Å²) in [5, 5.41) is 0. The molecule has 3 fully saturated rings. The van der Waals surface area contributed by atoms with Crippen molar-refractivity contribution in [2.75, 3.05) is 0 Å². The van der Waals surface area contributed by atoms with Gasteiger partial charge < -0.3 is 0 Å². The Morgan fingerprint density at radius 3 is 2.71 bits per heavy atom. The van der Waals surface area contributed by atoms with Crippen molar-refractivity contribution in [3.63, 3.8) is 0 Å². The molecule has 14 heavy (non-hydrogen) atoms. The molecule has 4 aliphatic rings. The van der Waals surface area contributed by atoms with E-state index >= 15 is 0 Å². The molecule has 0 spiro atoms. The van der Waals surface area contributed by atoms with Gasteiger partial charge >= 0.3 is 0 Å². The Morgan fingerprint density at radius 1 is 1.21 bits per heavy atom. The summed E-state index contributed by atoms with van der Waals surface area (Å²) in [5.41, 5.74) is 0. The molecule has 0 heterocycles. The van der Waals surface area contributed by atoms with Crippen LogP contribution in [0.15, 0.2) is 12.2 Å². The zero-order valence-electron chi connectivity index (χ0n) is 7.54. The molecule has 0 aliphatic heterocycles. The van der Waals surface area contributed by atoms with E-state index in [1.807, 2.05) is 0 Å².